The van der Waals surface area contributed by atoms with Crippen molar-refractivity contribution in [2.45, 2.75) is 103 Å². The van der Waals surface area contributed by atoms with Crippen LogP contribution in [0.5, 0.6) is 0 Å². The molecule has 3 bridgehead atoms. The summed E-state index contributed by atoms with van der Waals surface area (Å²) in [6.07, 6.45) is 1.35. The molecule has 0 aliphatic heterocycles. The molecule has 0 nitrogen and oxygen atoms in total. The highest BCUT2D eigenvalue weighted by molar-refractivity contribution is 5.52. The largest absolute Gasteiger partial charge is 0.0668 e. The third-order valence-electron chi connectivity index (χ3n) is 14.6. The molecule has 0 heterocycles. The van der Waals surface area contributed by atoms with E-state index in [1.54, 1.807) is 11.1 Å². The maximum absolute atomic E-state index is 2.69. The molecule has 0 heteroatoms. The molecule has 0 aromatic carbocycles. The van der Waals surface area contributed by atoms with Crippen LogP contribution < -0.4 is 0 Å². The Hall–Kier alpha value is -0.260. The second kappa shape index (κ2) is 3.78. The average Bonchev–Trinajstić information content (AvgIpc) is 2.86. The van der Waals surface area contributed by atoms with E-state index < -0.39 is 0 Å². The highest BCUT2D eigenvalue weighted by Crippen LogP contribution is 3.02. The Morgan fingerprint density at radius 3 is 1.27 bits per heavy atom. The molecule has 6 unspecified atom stereocenters. The van der Waals surface area contributed by atoms with Crippen molar-refractivity contribution in [3.8, 4) is 0 Å². The molecule has 4 aliphatic rings. The molecule has 0 saturated heterocycles. The molecule has 0 radical (unpaired) electrons. The van der Waals surface area contributed by atoms with Gasteiger partial charge in [-0.25, -0.2) is 0 Å². The quantitative estimate of drug-likeness (QED) is 0.387. The summed E-state index contributed by atoms with van der Waals surface area (Å²) in [7, 11) is 0. The van der Waals surface area contributed by atoms with E-state index in [0.29, 0.717) is 27.1 Å². The van der Waals surface area contributed by atoms with Gasteiger partial charge in [-0.05, 0) is 69.0 Å². The van der Waals surface area contributed by atoms with Crippen molar-refractivity contribution < 1.29 is 0 Å². The van der Waals surface area contributed by atoms with Gasteiger partial charge in [-0.3, -0.25) is 0 Å². The second-order valence-electron chi connectivity index (χ2n) is 13.5. The first-order valence-electron chi connectivity index (χ1n) is 11.0. The summed E-state index contributed by atoms with van der Waals surface area (Å²) >= 11 is 0. The van der Waals surface area contributed by atoms with Gasteiger partial charge in [0.1, 0.15) is 0 Å². The van der Waals surface area contributed by atoms with Crippen LogP contribution in [0.3, 0.4) is 0 Å². The van der Waals surface area contributed by atoms with Gasteiger partial charge in [-0.15, -0.1) is 0 Å². The minimum Gasteiger partial charge on any atom is -0.0668 e. The molecule has 0 aromatic rings. The smallest absolute Gasteiger partial charge is 0.0000173 e. The lowest BCUT2D eigenvalue weighted by molar-refractivity contribution is -0.163. The Bertz CT molecular complexity index is 774. The molecule has 0 spiro atoms. The van der Waals surface area contributed by atoms with Crippen LogP contribution >= 0.6 is 0 Å². The first-order valence-corrected chi connectivity index (χ1v) is 11.0. The van der Waals surface area contributed by atoms with Gasteiger partial charge >= 0.3 is 0 Å². The van der Waals surface area contributed by atoms with Crippen molar-refractivity contribution in [1.29, 1.82) is 0 Å². The summed E-state index contributed by atoms with van der Waals surface area (Å²) < 4.78 is 0. The Morgan fingerprint density at radius 1 is 0.462 bits per heavy atom. The molecular formula is C26H44. The Labute approximate surface area is 163 Å². The van der Waals surface area contributed by atoms with Crippen molar-refractivity contribution in [1.82, 2.24) is 0 Å². The minimum atomic E-state index is 0.213. The third-order valence-corrected chi connectivity index (χ3v) is 14.6. The van der Waals surface area contributed by atoms with Crippen LogP contribution in [0.2, 0.25) is 0 Å². The van der Waals surface area contributed by atoms with E-state index in [9.17, 15) is 0 Å². The Morgan fingerprint density at radius 2 is 0.846 bits per heavy atom. The summed E-state index contributed by atoms with van der Waals surface area (Å²) in [5.74, 6) is 0. The van der Waals surface area contributed by atoms with Crippen LogP contribution in [-0.2, 0) is 0 Å². The topological polar surface area (TPSA) is 0 Å². The van der Waals surface area contributed by atoms with Crippen LogP contribution in [0.25, 0.3) is 0 Å². The van der Waals surface area contributed by atoms with Crippen LogP contribution in [0.15, 0.2) is 11.1 Å². The fourth-order valence-corrected chi connectivity index (χ4v) is 11.5. The zero-order chi connectivity index (χ0) is 20.4. The summed E-state index contributed by atoms with van der Waals surface area (Å²) in [5, 5.41) is 0. The van der Waals surface area contributed by atoms with Gasteiger partial charge in [0.25, 0.3) is 0 Å². The Balaban J connectivity index is 2.30. The van der Waals surface area contributed by atoms with Crippen molar-refractivity contribution in [3.05, 3.63) is 11.1 Å². The highest BCUT2D eigenvalue weighted by Gasteiger charge is 2.96. The number of hydrogen-bond acceptors (Lipinski definition) is 0. The van der Waals surface area contributed by atoms with Gasteiger partial charge in [0, 0.05) is 0 Å². The fraction of sp³-hybridized carbons (Fsp3) is 0.923. The zero-order valence-electron chi connectivity index (χ0n) is 20.2. The first-order chi connectivity index (χ1) is 11.3. The zero-order valence-corrected chi connectivity index (χ0v) is 20.2. The Kier molecular flexibility index (Phi) is 2.77. The highest BCUT2D eigenvalue weighted by atomic mass is 15.0. The predicted molar refractivity (Wildman–Crippen MR) is 113 cm³/mol. The second-order valence-corrected chi connectivity index (χ2v) is 13.5. The lowest BCUT2D eigenvalue weighted by Gasteiger charge is -2.70. The molecule has 4 aliphatic carbocycles. The van der Waals surface area contributed by atoms with Crippen LogP contribution in [0.1, 0.15) is 103 Å². The van der Waals surface area contributed by atoms with E-state index in [4.69, 9.17) is 0 Å². The van der Waals surface area contributed by atoms with E-state index >= 15 is 0 Å². The summed E-state index contributed by atoms with van der Waals surface area (Å²) in [6.45, 7) is 36.6. The van der Waals surface area contributed by atoms with Crippen molar-refractivity contribution >= 4 is 0 Å². The number of allylic oxidation sites excluding steroid dienone is 2. The average molecular weight is 357 g/mol. The molecule has 4 rings (SSSR count). The molecule has 3 saturated carbocycles. The van der Waals surface area contributed by atoms with Crippen LogP contribution in [0, 0.1) is 48.7 Å². The predicted octanol–water partition coefficient (Wildman–Crippen LogP) is 7.88. The van der Waals surface area contributed by atoms with Gasteiger partial charge in [0.05, 0.1) is 0 Å². The normalized spacial score (nSPS) is 60.7. The molecule has 148 valence electrons. The molecule has 0 N–H and O–H groups in total. The first kappa shape index (κ1) is 19.1. The molecule has 3 fully saturated rings. The third kappa shape index (κ3) is 1.02. The molecule has 0 aromatic heterocycles. The fourth-order valence-electron chi connectivity index (χ4n) is 11.5. The van der Waals surface area contributed by atoms with Gasteiger partial charge < -0.3 is 0 Å². The molecule has 0 amide bonds. The van der Waals surface area contributed by atoms with Gasteiger partial charge in [0.2, 0.25) is 0 Å². The van der Waals surface area contributed by atoms with E-state index in [1.807, 2.05) is 0 Å². The van der Waals surface area contributed by atoms with Crippen molar-refractivity contribution in [2.24, 2.45) is 48.7 Å². The maximum Gasteiger partial charge on any atom is -0.0000173 e. The standard InChI is InChI=1S/C26H44/c1-16-17(2)24(12)19(5,6)25(13)20(7,8)26(25,14)22(10)15-21(24,9)18(3,4)23(16,22)11/h15H2,1-14H3. The van der Waals surface area contributed by atoms with Crippen LogP contribution in [-0.4, -0.2) is 0 Å². The summed E-state index contributed by atoms with van der Waals surface area (Å²) in [6, 6.07) is 0. The molecule has 6 atom stereocenters. The summed E-state index contributed by atoms with van der Waals surface area (Å²) in [4.78, 5) is 0. The number of fused-ring (bicyclic) bond motifs is 5. The van der Waals surface area contributed by atoms with E-state index in [2.05, 4.69) is 96.9 Å². The van der Waals surface area contributed by atoms with Crippen molar-refractivity contribution in [3.63, 3.8) is 0 Å². The maximum atomic E-state index is 2.69. The van der Waals surface area contributed by atoms with Gasteiger partial charge in [-0.1, -0.05) is 94.2 Å². The minimum absolute atomic E-state index is 0.213. The molecular weight excluding hydrogens is 312 g/mol. The number of hydrogen-bond donors (Lipinski definition) is 0. The van der Waals surface area contributed by atoms with Gasteiger partial charge in [0.15, 0.2) is 0 Å². The molecule has 26 heavy (non-hydrogen) atoms. The monoisotopic (exact) mass is 356 g/mol. The van der Waals surface area contributed by atoms with E-state index in [-0.39, 0.29) is 21.7 Å². The van der Waals surface area contributed by atoms with Crippen LogP contribution in [0.4, 0.5) is 0 Å². The van der Waals surface area contributed by atoms with E-state index in [1.165, 1.54) is 6.42 Å². The van der Waals surface area contributed by atoms with E-state index in [0.717, 1.165) is 0 Å². The lowest BCUT2D eigenvalue weighted by Crippen LogP contribution is -2.64. The summed E-state index contributed by atoms with van der Waals surface area (Å²) in [5.41, 5.74) is 6.08. The SMILES string of the molecule is CC1=C(C)C2(C)C(C)(C)C3(C)CC2(C)C2(C)C(C)(C)C2(C)C(C)(C)C13C. The van der Waals surface area contributed by atoms with Gasteiger partial charge in [-0.2, -0.15) is 0 Å². The van der Waals surface area contributed by atoms with Crippen molar-refractivity contribution in [2.75, 3.05) is 0 Å². The lowest BCUT2D eigenvalue weighted by atomic mass is 9.34. The number of rotatable bonds is 0.